The highest BCUT2D eigenvalue weighted by molar-refractivity contribution is 7.18. The Kier molecular flexibility index (Phi) is 4.48. The summed E-state index contributed by atoms with van der Waals surface area (Å²) in [5.41, 5.74) is 1.96. The standard InChI is InChI=1S/C19H19N5OS2/c25-18-11-14(20-19-24(18)9-10-26-19)12-22-5-7-23(8-6-22)13-17-21-15-3-1-2-4-16(15)27-17/h1-4,9-11H,5-8,12-13H2. The summed E-state index contributed by atoms with van der Waals surface area (Å²) in [6, 6.07) is 9.98. The molecular weight excluding hydrogens is 378 g/mol. The van der Waals surface area contributed by atoms with E-state index in [1.54, 1.807) is 28.0 Å². The molecule has 0 saturated carbocycles. The molecule has 0 unspecified atom stereocenters. The fourth-order valence-electron chi connectivity index (χ4n) is 3.48. The molecule has 0 amide bonds. The van der Waals surface area contributed by atoms with Crippen molar-refractivity contribution in [3.63, 3.8) is 0 Å². The molecule has 1 fully saturated rings. The highest BCUT2D eigenvalue weighted by Crippen LogP contribution is 2.23. The Morgan fingerprint density at radius 2 is 1.78 bits per heavy atom. The molecule has 3 aromatic heterocycles. The van der Waals surface area contributed by atoms with E-state index in [2.05, 4.69) is 33.0 Å². The average Bonchev–Trinajstić information content (AvgIpc) is 3.29. The Morgan fingerprint density at radius 1 is 1.00 bits per heavy atom. The SMILES string of the molecule is O=c1cc(CN2CCN(Cc3nc4ccccc4s3)CC2)nc2sccn12. The molecule has 4 aromatic rings. The zero-order valence-electron chi connectivity index (χ0n) is 14.7. The lowest BCUT2D eigenvalue weighted by Gasteiger charge is -2.33. The van der Waals surface area contributed by atoms with Gasteiger partial charge in [0.2, 0.25) is 0 Å². The predicted molar refractivity (Wildman–Crippen MR) is 110 cm³/mol. The van der Waals surface area contributed by atoms with Crippen LogP contribution in [0.15, 0.2) is 46.7 Å². The molecule has 4 heterocycles. The maximum absolute atomic E-state index is 12.1. The normalized spacial score (nSPS) is 16.4. The van der Waals surface area contributed by atoms with Crippen molar-refractivity contribution in [1.29, 1.82) is 0 Å². The lowest BCUT2D eigenvalue weighted by molar-refractivity contribution is 0.121. The van der Waals surface area contributed by atoms with E-state index in [0.29, 0.717) is 0 Å². The number of piperazine rings is 1. The molecule has 1 saturated heterocycles. The monoisotopic (exact) mass is 397 g/mol. The van der Waals surface area contributed by atoms with Crippen molar-refractivity contribution in [2.24, 2.45) is 0 Å². The van der Waals surface area contributed by atoms with Crippen molar-refractivity contribution >= 4 is 37.9 Å². The molecule has 0 atom stereocenters. The van der Waals surface area contributed by atoms with Crippen LogP contribution < -0.4 is 5.56 Å². The summed E-state index contributed by atoms with van der Waals surface area (Å²) in [6.45, 7) is 5.63. The van der Waals surface area contributed by atoms with Gasteiger partial charge in [-0.3, -0.25) is 19.0 Å². The Labute approximate surface area is 164 Å². The quantitative estimate of drug-likeness (QED) is 0.530. The Balaban J connectivity index is 1.21. The van der Waals surface area contributed by atoms with E-state index < -0.39 is 0 Å². The molecule has 6 nitrogen and oxygen atoms in total. The molecule has 1 aliphatic rings. The number of fused-ring (bicyclic) bond motifs is 2. The van der Waals surface area contributed by atoms with Crippen LogP contribution in [0.1, 0.15) is 10.7 Å². The van der Waals surface area contributed by atoms with E-state index in [4.69, 9.17) is 4.98 Å². The van der Waals surface area contributed by atoms with E-state index in [1.165, 1.54) is 21.0 Å². The van der Waals surface area contributed by atoms with Gasteiger partial charge in [0, 0.05) is 50.4 Å². The average molecular weight is 398 g/mol. The first-order valence-electron chi connectivity index (χ1n) is 8.99. The van der Waals surface area contributed by atoms with Gasteiger partial charge in [-0.25, -0.2) is 9.97 Å². The number of rotatable bonds is 4. The number of nitrogens with zero attached hydrogens (tertiary/aromatic N) is 5. The van der Waals surface area contributed by atoms with Gasteiger partial charge in [0.15, 0.2) is 4.96 Å². The second-order valence-corrected chi connectivity index (χ2v) is 8.76. The fraction of sp³-hybridized carbons (Fsp3) is 0.316. The van der Waals surface area contributed by atoms with Crippen LogP contribution in [-0.4, -0.2) is 50.3 Å². The molecule has 1 aromatic carbocycles. The maximum Gasteiger partial charge on any atom is 0.258 e. The molecule has 0 N–H and O–H groups in total. The van der Waals surface area contributed by atoms with Crippen LogP contribution in [0.2, 0.25) is 0 Å². The van der Waals surface area contributed by atoms with Gasteiger partial charge in [-0.05, 0) is 12.1 Å². The molecule has 0 radical (unpaired) electrons. The van der Waals surface area contributed by atoms with Gasteiger partial charge in [0.1, 0.15) is 5.01 Å². The van der Waals surface area contributed by atoms with Crippen molar-refractivity contribution in [2.75, 3.05) is 26.2 Å². The Bertz CT molecular complexity index is 1110. The fourth-order valence-corrected chi connectivity index (χ4v) is 5.23. The van der Waals surface area contributed by atoms with Gasteiger partial charge in [-0.2, -0.15) is 0 Å². The summed E-state index contributed by atoms with van der Waals surface area (Å²) in [6.07, 6.45) is 1.78. The van der Waals surface area contributed by atoms with E-state index in [9.17, 15) is 4.79 Å². The number of para-hydroxylation sites is 1. The van der Waals surface area contributed by atoms with Crippen LogP contribution in [0.5, 0.6) is 0 Å². The number of benzene rings is 1. The van der Waals surface area contributed by atoms with Crippen molar-refractivity contribution in [3.8, 4) is 0 Å². The van der Waals surface area contributed by atoms with E-state index >= 15 is 0 Å². The molecule has 1 aliphatic heterocycles. The third-order valence-electron chi connectivity index (χ3n) is 4.90. The molecular formula is C19H19N5OS2. The van der Waals surface area contributed by atoms with E-state index in [1.807, 2.05) is 11.4 Å². The molecule has 27 heavy (non-hydrogen) atoms. The third kappa shape index (κ3) is 3.53. The maximum atomic E-state index is 12.1. The van der Waals surface area contributed by atoms with Crippen LogP contribution in [0.4, 0.5) is 0 Å². The highest BCUT2D eigenvalue weighted by Gasteiger charge is 2.19. The number of hydrogen-bond acceptors (Lipinski definition) is 7. The van der Waals surface area contributed by atoms with Crippen molar-refractivity contribution in [3.05, 3.63) is 63.0 Å². The first-order valence-corrected chi connectivity index (χ1v) is 10.7. The Hall–Kier alpha value is -2.13. The lowest BCUT2D eigenvalue weighted by atomic mass is 10.3. The van der Waals surface area contributed by atoms with Gasteiger partial charge in [-0.15, -0.1) is 22.7 Å². The molecule has 0 spiro atoms. The summed E-state index contributed by atoms with van der Waals surface area (Å²) in [4.78, 5) is 27.1. The highest BCUT2D eigenvalue weighted by atomic mass is 32.1. The summed E-state index contributed by atoms with van der Waals surface area (Å²) >= 11 is 3.29. The third-order valence-corrected chi connectivity index (χ3v) is 6.68. The second-order valence-electron chi connectivity index (χ2n) is 6.77. The molecule has 0 aliphatic carbocycles. The summed E-state index contributed by atoms with van der Waals surface area (Å²) < 4.78 is 2.86. The van der Waals surface area contributed by atoms with E-state index in [0.717, 1.165) is 55.4 Å². The van der Waals surface area contributed by atoms with Crippen molar-refractivity contribution in [1.82, 2.24) is 24.2 Å². The van der Waals surface area contributed by atoms with Gasteiger partial charge in [0.25, 0.3) is 5.56 Å². The number of hydrogen-bond donors (Lipinski definition) is 0. The first-order chi connectivity index (χ1) is 13.2. The smallest absolute Gasteiger partial charge is 0.258 e. The molecule has 0 bridgehead atoms. The van der Waals surface area contributed by atoms with Crippen LogP contribution in [0.3, 0.4) is 0 Å². The van der Waals surface area contributed by atoms with Crippen LogP contribution in [-0.2, 0) is 13.1 Å². The van der Waals surface area contributed by atoms with Crippen LogP contribution in [0, 0.1) is 0 Å². The predicted octanol–water partition coefficient (Wildman–Crippen LogP) is 2.68. The summed E-state index contributed by atoms with van der Waals surface area (Å²) in [5.74, 6) is 0. The van der Waals surface area contributed by atoms with Gasteiger partial charge < -0.3 is 0 Å². The first kappa shape index (κ1) is 17.0. The lowest BCUT2D eigenvalue weighted by Crippen LogP contribution is -2.45. The zero-order valence-corrected chi connectivity index (χ0v) is 16.4. The minimum atomic E-state index is 0.00530. The molecule has 8 heteroatoms. The molecule has 138 valence electrons. The Morgan fingerprint density at radius 3 is 2.59 bits per heavy atom. The van der Waals surface area contributed by atoms with Crippen molar-refractivity contribution in [2.45, 2.75) is 13.1 Å². The summed E-state index contributed by atoms with van der Waals surface area (Å²) in [5, 5.41) is 3.08. The largest absolute Gasteiger partial charge is 0.295 e. The van der Waals surface area contributed by atoms with Gasteiger partial charge in [0.05, 0.1) is 22.5 Å². The molecule has 5 rings (SSSR count). The van der Waals surface area contributed by atoms with Gasteiger partial charge >= 0.3 is 0 Å². The van der Waals surface area contributed by atoms with Crippen molar-refractivity contribution < 1.29 is 0 Å². The zero-order chi connectivity index (χ0) is 18.2. The van der Waals surface area contributed by atoms with Crippen LogP contribution in [0.25, 0.3) is 15.2 Å². The number of thiazole rings is 2. The number of aromatic nitrogens is 3. The topological polar surface area (TPSA) is 53.7 Å². The summed E-state index contributed by atoms with van der Waals surface area (Å²) in [7, 11) is 0. The van der Waals surface area contributed by atoms with Crippen LogP contribution >= 0.6 is 22.7 Å². The second kappa shape index (κ2) is 7.12. The van der Waals surface area contributed by atoms with Gasteiger partial charge in [-0.1, -0.05) is 12.1 Å². The minimum Gasteiger partial charge on any atom is -0.295 e. The minimum absolute atomic E-state index is 0.00530. The van der Waals surface area contributed by atoms with E-state index in [-0.39, 0.29) is 5.56 Å².